The van der Waals surface area contributed by atoms with Crippen molar-refractivity contribution >= 4 is 0 Å². The van der Waals surface area contributed by atoms with Crippen molar-refractivity contribution in [1.82, 2.24) is 5.32 Å². The molecule has 0 aromatic heterocycles. The normalized spacial score (nSPS) is 12.9. The summed E-state index contributed by atoms with van der Waals surface area (Å²) in [6, 6.07) is 8.55. The highest BCUT2D eigenvalue weighted by Crippen LogP contribution is 2.10. The van der Waals surface area contributed by atoms with Gasteiger partial charge in [0, 0.05) is 19.2 Å². The number of benzene rings is 1. The van der Waals surface area contributed by atoms with Gasteiger partial charge in [-0.25, -0.2) is 0 Å². The van der Waals surface area contributed by atoms with E-state index in [1.165, 1.54) is 11.1 Å². The van der Waals surface area contributed by atoms with Crippen molar-refractivity contribution in [2.24, 2.45) is 5.92 Å². The second kappa shape index (κ2) is 8.25. The van der Waals surface area contributed by atoms with Gasteiger partial charge in [-0.05, 0) is 29.9 Å². The summed E-state index contributed by atoms with van der Waals surface area (Å²) in [6.07, 6.45) is 1.69. The molecule has 0 bridgehead atoms. The summed E-state index contributed by atoms with van der Waals surface area (Å²) in [5.74, 6) is 0.678. The van der Waals surface area contributed by atoms with Crippen molar-refractivity contribution in [2.45, 2.75) is 39.3 Å². The Kier molecular flexibility index (Phi) is 6.94. The molecule has 102 valence electrons. The first kappa shape index (κ1) is 15.2. The van der Waals surface area contributed by atoms with Crippen LogP contribution in [0.3, 0.4) is 0 Å². The molecule has 18 heavy (non-hydrogen) atoms. The molecule has 3 nitrogen and oxygen atoms in total. The third kappa shape index (κ3) is 5.63. The summed E-state index contributed by atoms with van der Waals surface area (Å²) in [4.78, 5) is 0. The van der Waals surface area contributed by atoms with Gasteiger partial charge in [-0.2, -0.15) is 0 Å². The maximum Gasteiger partial charge on any atom is 0.0585 e. The van der Waals surface area contributed by atoms with E-state index in [0.717, 1.165) is 13.0 Å². The minimum atomic E-state index is -0.0228. The van der Waals surface area contributed by atoms with Crippen molar-refractivity contribution in [2.75, 3.05) is 13.2 Å². The minimum absolute atomic E-state index is 0.0228. The molecule has 0 aliphatic heterocycles. The van der Waals surface area contributed by atoms with Gasteiger partial charge in [0.1, 0.15) is 0 Å². The largest absolute Gasteiger partial charge is 0.396 e. The lowest BCUT2D eigenvalue weighted by molar-refractivity contribution is 0.200. The Morgan fingerprint density at radius 3 is 2.17 bits per heavy atom. The van der Waals surface area contributed by atoms with Gasteiger partial charge in [-0.1, -0.05) is 38.1 Å². The van der Waals surface area contributed by atoms with Crippen molar-refractivity contribution in [3.05, 3.63) is 35.4 Å². The first-order valence-electron chi connectivity index (χ1n) is 6.68. The Labute approximate surface area is 110 Å². The quantitative estimate of drug-likeness (QED) is 0.659. The summed E-state index contributed by atoms with van der Waals surface area (Å²) >= 11 is 0. The van der Waals surface area contributed by atoms with Gasteiger partial charge >= 0.3 is 0 Å². The van der Waals surface area contributed by atoms with Crippen LogP contribution in [0.4, 0.5) is 0 Å². The van der Waals surface area contributed by atoms with Crippen LogP contribution < -0.4 is 5.32 Å². The second-order valence-corrected chi connectivity index (χ2v) is 5.19. The highest BCUT2D eigenvalue weighted by Gasteiger charge is 2.05. The third-order valence-corrected chi connectivity index (χ3v) is 2.96. The monoisotopic (exact) mass is 251 g/mol. The van der Waals surface area contributed by atoms with E-state index in [4.69, 9.17) is 10.2 Å². The van der Waals surface area contributed by atoms with E-state index < -0.39 is 0 Å². The number of hydrogen-bond acceptors (Lipinski definition) is 3. The Morgan fingerprint density at radius 2 is 1.67 bits per heavy atom. The fourth-order valence-corrected chi connectivity index (χ4v) is 1.94. The Bertz CT molecular complexity index is 322. The number of hydrogen-bond donors (Lipinski definition) is 3. The Balaban J connectivity index is 2.43. The van der Waals surface area contributed by atoms with E-state index in [9.17, 15) is 0 Å². The lowest BCUT2D eigenvalue weighted by atomic mass is 10.0. The van der Waals surface area contributed by atoms with Gasteiger partial charge in [0.25, 0.3) is 0 Å². The summed E-state index contributed by atoms with van der Waals surface area (Å²) in [7, 11) is 0. The molecule has 0 aliphatic carbocycles. The smallest absolute Gasteiger partial charge is 0.0585 e. The average Bonchev–Trinajstić information content (AvgIpc) is 2.35. The van der Waals surface area contributed by atoms with Gasteiger partial charge in [-0.3, -0.25) is 0 Å². The first-order valence-corrected chi connectivity index (χ1v) is 6.68. The molecule has 0 spiro atoms. The molecule has 0 radical (unpaired) electrons. The fraction of sp³-hybridized carbons (Fsp3) is 0.600. The van der Waals surface area contributed by atoms with Gasteiger partial charge in [0.2, 0.25) is 0 Å². The molecular weight excluding hydrogens is 226 g/mol. The zero-order valence-electron chi connectivity index (χ0n) is 11.4. The predicted molar refractivity (Wildman–Crippen MR) is 74.4 cm³/mol. The maximum atomic E-state index is 9.10. The van der Waals surface area contributed by atoms with Crippen molar-refractivity contribution in [1.29, 1.82) is 0 Å². The first-order chi connectivity index (χ1) is 8.65. The van der Waals surface area contributed by atoms with Crippen LogP contribution in [0.1, 0.15) is 31.4 Å². The number of aliphatic hydroxyl groups is 2. The summed E-state index contributed by atoms with van der Waals surface area (Å²) in [6.45, 7) is 5.33. The van der Waals surface area contributed by atoms with Gasteiger partial charge in [-0.15, -0.1) is 0 Å². The van der Waals surface area contributed by atoms with Crippen LogP contribution in [-0.2, 0) is 13.0 Å². The van der Waals surface area contributed by atoms with Crippen molar-refractivity contribution in [3.63, 3.8) is 0 Å². The molecule has 3 heteroatoms. The van der Waals surface area contributed by atoms with E-state index in [1.807, 2.05) is 0 Å². The van der Waals surface area contributed by atoms with Crippen molar-refractivity contribution in [3.8, 4) is 0 Å². The number of rotatable bonds is 8. The zero-order valence-corrected chi connectivity index (χ0v) is 11.4. The summed E-state index contributed by atoms with van der Waals surface area (Å²) < 4.78 is 0. The van der Waals surface area contributed by atoms with E-state index >= 15 is 0 Å². The molecule has 0 heterocycles. The second-order valence-electron chi connectivity index (χ2n) is 5.19. The molecule has 0 saturated carbocycles. The lowest BCUT2D eigenvalue weighted by Gasteiger charge is -2.15. The van der Waals surface area contributed by atoms with Gasteiger partial charge in [0.05, 0.1) is 6.61 Å². The van der Waals surface area contributed by atoms with E-state index in [1.54, 1.807) is 0 Å². The third-order valence-electron chi connectivity index (χ3n) is 2.96. The molecular formula is C15H25NO2. The molecule has 1 rings (SSSR count). The van der Waals surface area contributed by atoms with E-state index in [0.29, 0.717) is 12.3 Å². The van der Waals surface area contributed by atoms with E-state index in [2.05, 4.69) is 43.4 Å². The van der Waals surface area contributed by atoms with Gasteiger partial charge in [0.15, 0.2) is 0 Å². The van der Waals surface area contributed by atoms with Crippen LogP contribution in [0, 0.1) is 5.92 Å². The number of nitrogens with one attached hydrogen (secondary N) is 1. The highest BCUT2D eigenvalue weighted by atomic mass is 16.3. The molecule has 1 unspecified atom stereocenters. The predicted octanol–water partition coefficient (Wildman–Crippen LogP) is 1.72. The number of aliphatic hydroxyl groups excluding tert-OH is 2. The summed E-state index contributed by atoms with van der Waals surface area (Å²) in [5, 5.41) is 21.2. The van der Waals surface area contributed by atoms with Crippen LogP contribution in [0.15, 0.2) is 24.3 Å². The van der Waals surface area contributed by atoms with Gasteiger partial charge < -0.3 is 15.5 Å². The maximum absolute atomic E-state index is 9.10. The lowest BCUT2D eigenvalue weighted by Crippen LogP contribution is -2.32. The molecule has 1 aromatic carbocycles. The summed E-state index contributed by atoms with van der Waals surface area (Å²) in [5.41, 5.74) is 2.57. The van der Waals surface area contributed by atoms with E-state index in [-0.39, 0.29) is 19.3 Å². The van der Waals surface area contributed by atoms with Crippen molar-refractivity contribution < 1.29 is 10.2 Å². The Morgan fingerprint density at radius 1 is 1.06 bits per heavy atom. The van der Waals surface area contributed by atoms with Crippen LogP contribution in [0.2, 0.25) is 0 Å². The molecule has 0 saturated heterocycles. The van der Waals surface area contributed by atoms with Crippen LogP contribution in [0.25, 0.3) is 0 Å². The van der Waals surface area contributed by atoms with Crippen LogP contribution >= 0.6 is 0 Å². The molecule has 1 atom stereocenters. The highest BCUT2D eigenvalue weighted by molar-refractivity contribution is 5.22. The fourth-order valence-electron chi connectivity index (χ4n) is 1.94. The topological polar surface area (TPSA) is 52.5 Å². The van der Waals surface area contributed by atoms with Crippen LogP contribution in [0.5, 0.6) is 0 Å². The standard InChI is InChI=1S/C15H25NO2/c1-12(2)9-13-3-5-14(6-4-13)10-16-15(11-18)7-8-17/h3-6,12,15-18H,7-11H2,1-2H3. The van der Waals surface area contributed by atoms with Crippen LogP contribution in [-0.4, -0.2) is 29.5 Å². The zero-order chi connectivity index (χ0) is 13.4. The molecule has 0 fully saturated rings. The minimum Gasteiger partial charge on any atom is -0.396 e. The SMILES string of the molecule is CC(C)Cc1ccc(CNC(CO)CCO)cc1. The molecule has 3 N–H and O–H groups in total. The molecule has 0 amide bonds. The Hall–Kier alpha value is -0.900. The molecule has 0 aliphatic rings. The average molecular weight is 251 g/mol. The molecule has 1 aromatic rings.